The van der Waals surface area contributed by atoms with E-state index < -0.39 is 17.4 Å². The predicted molar refractivity (Wildman–Crippen MR) is 110 cm³/mol. The van der Waals surface area contributed by atoms with Crippen molar-refractivity contribution in [1.82, 2.24) is 4.90 Å². The summed E-state index contributed by atoms with van der Waals surface area (Å²) in [5, 5.41) is 11.2. The molecule has 2 fully saturated rings. The van der Waals surface area contributed by atoms with Crippen molar-refractivity contribution in [3.63, 3.8) is 0 Å². The minimum Gasteiger partial charge on any atom is -0.376 e. The van der Waals surface area contributed by atoms with Crippen molar-refractivity contribution in [2.75, 3.05) is 13.1 Å². The van der Waals surface area contributed by atoms with E-state index in [2.05, 4.69) is 11.8 Å². The van der Waals surface area contributed by atoms with Crippen LogP contribution in [0, 0.1) is 23.5 Å². The first-order chi connectivity index (χ1) is 13.4. The first kappa shape index (κ1) is 20.9. The van der Waals surface area contributed by atoms with Crippen molar-refractivity contribution >= 4 is 0 Å². The van der Waals surface area contributed by atoms with Gasteiger partial charge in [-0.15, -0.1) is 0 Å². The fourth-order valence-corrected chi connectivity index (χ4v) is 4.53. The van der Waals surface area contributed by atoms with Crippen LogP contribution in [0.3, 0.4) is 0 Å². The van der Waals surface area contributed by atoms with Gasteiger partial charge in [0.25, 0.3) is 0 Å². The molecule has 1 heterocycles. The lowest BCUT2D eigenvalue weighted by molar-refractivity contribution is -0.102. The fraction of sp³-hybridized carbons (Fsp3) is 0.500. The molecule has 1 N–H and O–H groups in total. The Morgan fingerprint density at radius 2 is 1.68 bits per heavy atom. The molecule has 1 aliphatic heterocycles. The first-order valence-corrected chi connectivity index (χ1v) is 10.4. The predicted octanol–water partition coefficient (Wildman–Crippen LogP) is 5.81. The van der Waals surface area contributed by atoms with Crippen LogP contribution in [-0.4, -0.2) is 28.8 Å². The van der Waals surface area contributed by atoms with Crippen molar-refractivity contribution in [2.45, 2.75) is 52.2 Å². The molecule has 2 aromatic rings. The molecule has 4 atom stereocenters. The monoisotopic (exact) mass is 387 g/mol. The number of hydrogen-bond acceptors (Lipinski definition) is 2. The van der Waals surface area contributed by atoms with Gasteiger partial charge >= 0.3 is 0 Å². The minimum atomic E-state index is -0.879. The van der Waals surface area contributed by atoms with Crippen LogP contribution in [0.4, 0.5) is 8.78 Å². The van der Waals surface area contributed by atoms with Crippen molar-refractivity contribution in [3.05, 3.63) is 59.7 Å². The summed E-state index contributed by atoms with van der Waals surface area (Å²) in [5.41, 5.74) is 0.675. The average molecular weight is 388 g/mol. The Bertz CT molecular complexity index is 800. The summed E-state index contributed by atoms with van der Waals surface area (Å²) in [7, 11) is 0. The summed E-state index contributed by atoms with van der Waals surface area (Å²) in [5.74, 6) is -0.289. The molecular formula is C24H31F2NO. The molecule has 0 spiro atoms. The zero-order valence-electron chi connectivity index (χ0n) is 17.3. The third kappa shape index (κ3) is 3.85. The summed E-state index contributed by atoms with van der Waals surface area (Å²) < 4.78 is 28.6. The van der Waals surface area contributed by atoms with Gasteiger partial charge < -0.3 is 5.11 Å². The summed E-state index contributed by atoms with van der Waals surface area (Å²) in [6.45, 7) is 9.90. The van der Waals surface area contributed by atoms with Gasteiger partial charge in [-0.2, -0.15) is 0 Å². The van der Waals surface area contributed by atoms with E-state index >= 15 is 0 Å². The molecular weight excluding hydrogens is 356 g/mol. The minimum absolute atomic E-state index is 0.0307. The van der Waals surface area contributed by atoms with E-state index in [-0.39, 0.29) is 17.4 Å². The molecule has 2 nitrogen and oxygen atoms in total. The van der Waals surface area contributed by atoms with Crippen molar-refractivity contribution in [2.24, 2.45) is 11.8 Å². The highest BCUT2D eigenvalue weighted by atomic mass is 19.1. The Morgan fingerprint density at radius 3 is 2.29 bits per heavy atom. The maximum Gasteiger partial charge on any atom is 0.133 e. The van der Waals surface area contributed by atoms with Crippen molar-refractivity contribution in [1.29, 1.82) is 0 Å². The van der Waals surface area contributed by atoms with E-state index in [1.165, 1.54) is 18.2 Å². The zero-order valence-corrected chi connectivity index (χ0v) is 17.3. The molecule has 1 saturated heterocycles. The Balaban J connectivity index is 0.00000109. The molecule has 152 valence electrons. The second-order valence-corrected chi connectivity index (χ2v) is 8.07. The van der Waals surface area contributed by atoms with Crippen LogP contribution < -0.4 is 0 Å². The van der Waals surface area contributed by atoms with Gasteiger partial charge in [0, 0.05) is 19.0 Å². The second-order valence-electron chi connectivity index (χ2n) is 8.07. The lowest BCUT2D eigenvalue weighted by atomic mass is 9.93. The highest BCUT2D eigenvalue weighted by molar-refractivity contribution is 5.70. The molecule has 0 amide bonds. The quantitative estimate of drug-likeness (QED) is 0.715. The van der Waals surface area contributed by atoms with Crippen LogP contribution in [-0.2, 0) is 0 Å². The van der Waals surface area contributed by atoms with Gasteiger partial charge in [0.15, 0.2) is 0 Å². The lowest BCUT2D eigenvalue weighted by Gasteiger charge is -2.35. The van der Waals surface area contributed by atoms with Gasteiger partial charge in [-0.3, -0.25) is 4.90 Å². The van der Waals surface area contributed by atoms with Crippen molar-refractivity contribution < 1.29 is 13.9 Å². The van der Waals surface area contributed by atoms with Gasteiger partial charge in [-0.05, 0) is 54.9 Å². The van der Waals surface area contributed by atoms with Crippen LogP contribution in [0.25, 0.3) is 11.1 Å². The molecule has 0 aromatic heterocycles. The number of aliphatic hydroxyl groups is 1. The Morgan fingerprint density at radius 1 is 1.04 bits per heavy atom. The molecule has 1 aliphatic carbocycles. The Labute approximate surface area is 167 Å². The molecule has 0 bridgehead atoms. The molecule has 1 saturated carbocycles. The fourth-order valence-electron chi connectivity index (χ4n) is 4.53. The first-order valence-electron chi connectivity index (χ1n) is 10.4. The third-order valence-corrected chi connectivity index (χ3v) is 6.15. The maximum absolute atomic E-state index is 14.3. The van der Waals surface area contributed by atoms with Gasteiger partial charge in [0.2, 0.25) is 0 Å². The van der Waals surface area contributed by atoms with Gasteiger partial charge in [0.05, 0.1) is 5.56 Å². The molecule has 4 rings (SSSR count). The van der Waals surface area contributed by atoms with E-state index in [9.17, 15) is 13.9 Å². The van der Waals surface area contributed by atoms with Gasteiger partial charge in [-0.1, -0.05) is 51.1 Å². The summed E-state index contributed by atoms with van der Waals surface area (Å²) in [6.07, 6.45) is 1.94. The smallest absolute Gasteiger partial charge is 0.133 e. The summed E-state index contributed by atoms with van der Waals surface area (Å²) in [4.78, 5) is 2.16. The summed E-state index contributed by atoms with van der Waals surface area (Å²) in [6, 6.07) is 11.4. The van der Waals surface area contributed by atoms with Crippen LogP contribution >= 0.6 is 0 Å². The SMILES string of the molecule is CC.CC1CCN(C(C)(O)[C@@H]2C[C@H]2c2ccccc2-c2c(F)cccc2F)C1. The van der Waals surface area contributed by atoms with E-state index in [0.29, 0.717) is 11.5 Å². The molecule has 0 radical (unpaired) electrons. The largest absolute Gasteiger partial charge is 0.376 e. The number of likely N-dealkylation sites (tertiary alicyclic amines) is 1. The highest BCUT2D eigenvalue weighted by Gasteiger charge is 2.54. The molecule has 2 unspecified atom stereocenters. The molecule has 4 heteroatoms. The van der Waals surface area contributed by atoms with E-state index in [1.807, 2.05) is 39.0 Å². The van der Waals surface area contributed by atoms with E-state index in [1.54, 1.807) is 6.07 Å². The Kier molecular flexibility index (Phi) is 6.21. The zero-order chi connectivity index (χ0) is 20.5. The lowest BCUT2D eigenvalue weighted by Crippen LogP contribution is -2.47. The van der Waals surface area contributed by atoms with E-state index in [0.717, 1.165) is 31.5 Å². The Hall–Kier alpha value is -1.78. The number of hydrogen-bond donors (Lipinski definition) is 1. The summed E-state index contributed by atoms with van der Waals surface area (Å²) >= 11 is 0. The van der Waals surface area contributed by atoms with Crippen LogP contribution in [0.1, 0.15) is 52.0 Å². The molecule has 2 aliphatic rings. The number of nitrogens with zero attached hydrogens (tertiary/aromatic N) is 1. The molecule has 28 heavy (non-hydrogen) atoms. The van der Waals surface area contributed by atoms with E-state index in [4.69, 9.17) is 0 Å². The topological polar surface area (TPSA) is 23.5 Å². The van der Waals surface area contributed by atoms with Gasteiger partial charge in [-0.25, -0.2) is 8.78 Å². The van der Waals surface area contributed by atoms with Gasteiger partial charge in [0.1, 0.15) is 17.4 Å². The number of rotatable bonds is 4. The average Bonchev–Trinajstić information content (AvgIpc) is 3.38. The molecule has 2 aromatic carbocycles. The van der Waals surface area contributed by atoms with Crippen LogP contribution in [0.5, 0.6) is 0 Å². The normalized spacial score (nSPS) is 26.3. The second kappa shape index (κ2) is 8.30. The maximum atomic E-state index is 14.3. The number of halogens is 2. The highest BCUT2D eigenvalue weighted by Crippen LogP contribution is 2.56. The third-order valence-electron chi connectivity index (χ3n) is 6.15. The van der Waals surface area contributed by atoms with Crippen LogP contribution in [0.2, 0.25) is 0 Å². The van der Waals surface area contributed by atoms with Crippen LogP contribution in [0.15, 0.2) is 42.5 Å². The number of benzene rings is 2. The van der Waals surface area contributed by atoms with Crippen molar-refractivity contribution in [3.8, 4) is 11.1 Å². The standard InChI is InChI=1S/C22H25F2NO.C2H6/c1-14-10-11-25(13-14)22(2,26)18-12-17(18)15-6-3-4-7-16(15)21-19(23)8-5-9-20(21)24;1-2/h3-9,14,17-18,26H,10-13H2,1-2H3;1-2H3/t14?,17-,18+,22?;/m0./s1.